The molecule has 1 atom stereocenters. The fourth-order valence-electron chi connectivity index (χ4n) is 2.28. The van der Waals surface area contributed by atoms with Crippen LogP contribution < -0.4 is 10.1 Å². The lowest BCUT2D eigenvalue weighted by Gasteiger charge is -2.19. The normalized spacial score (nSPS) is 12.6. The number of para-hydroxylation sites is 1. The summed E-state index contributed by atoms with van der Waals surface area (Å²) in [6.07, 6.45) is 0. The zero-order chi connectivity index (χ0) is 19.2. The van der Waals surface area contributed by atoms with E-state index in [0.29, 0.717) is 12.4 Å². The molecule has 1 N–H and O–H groups in total. The largest absolute Gasteiger partial charge is 0.491 e. The van der Waals surface area contributed by atoms with Gasteiger partial charge in [0.2, 0.25) is 15.9 Å². The average Bonchev–Trinajstić information content (AvgIpc) is 2.61. The Morgan fingerprint density at radius 1 is 1.12 bits per heavy atom. The van der Waals surface area contributed by atoms with Crippen LogP contribution in [-0.4, -0.2) is 44.9 Å². The number of hydrogen-bond donors (Lipinski definition) is 1. The minimum Gasteiger partial charge on any atom is -0.491 e. The van der Waals surface area contributed by atoms with Crippen molar-refractivity contribution < 1.29 is 17.9 Å². The fourth-order valence-corrected chi connectivity index (χ4v) is 3.40. The van der Waals surface area contributed by atoms with Crippen molar-refractivity contribution in [1.82, 2.24) is 9.62 Å². The lowest BCUT2D eigenvalue weighted by molar-refractivity contribution is -0.121. The van der Waals surface area contributed by atoms with Gasteiger partial charge < -0.3 is 10.1 Å². The van der Waals surface area contributed by atoms with Crippen LogP contribution in [0.5, 0.6) is 5.75 Å². The van der Waals surface area contributed by atoms with Gasteiger partial charge in [-0.1, -0.05) is 35.9 Å². The van der Waals surface area contributed by atoms with E-state index in [2.05, 4.69) is 5.32 Å². The highest BCUT2D eigenvalue weighted by Crippen LogP contribution is 2.14. The topological polar surface area (TPSA) is 75.7 Å². The van der Waals surface area contributed by atoms with Crippen LogP contribution in [0.25, 0.3) is 0 Å². The van der Waals surface area contributed by atoms with Gasteiger partial charge in [-0.25, -0.2) is 8.42 Å². The molecule has 6 nitrogen and oxygen atoms in total. The average molecular weight is 376 g/mol. The Hall–Kier alpha value is -2.38. The van der Waals surface area contributed by atoms with Crippen LogP contribution in [0.1, 0.15) is 12.5 Å². The van der Waals surface area contributed by atoms with Crippen LogP contribution in [0, 0.1) is 6.92 Å². The first-order valence-corrected chi connectivity index (χ1v) is 9.73. The number of ether oxygens (including phenoxy) is 1. The number of carbonyl (C=O) groups is 1. The van der Waals surface area contributed by atoms with Gasteiger partial charge >= 0.3 is 0 Å². The first kappa shape index (κ1) is 19.9. The molecule has 0 aliphatic rings. The lowest BCUT2D eigenvalue weighted by atomic mass is 10.2. The molecule has 26 heavy (non-hydrogen) atoms. The summed E-state index contributed by atoms with van der Waals surface area (Å²) in [5.74, 6) is 0.333. The maximum absolute atomic E-state index is 12.5. The number of sulfonamides is 1. The lowest BCUT2D eigenvalue weighted by Crippen LogP contribution is -2.43. The predicted molar refractivity (Wildman–Crippen MR) is 101 cm³/mol. The summed E-state index contributed by atoms with van der Waals surface area (Å²) < 4.78 is 31.6. The molecule has 7 heteroatoms. The number of aryl methyl sites for hydroxylation is 1. The van der Waals surface area contributed by atoms with Crippen LogP contribution in [-0.2, 0) is 14.8 Å². The van der Waals surface area contributed by atoms with Crippen molar-refractivity contribution in [2.45, 2.75) is 24.8 Å². The molecule has 0 saturated heterocycles. The van der Waals surface area contributed by atoms with Crippen LogP contribution >= 0.6 is 0 Å². The minimum atomic E-state index is -3.70. The van der Waals surface area contributed by atoms with E-state index in [0.717, 1.165) is 9.87 Å². The van der Waals surface area contributed by atoms with Gasteiger partial charge in [0, 0.05) is 7.05 Å². The van der Waals surface area contributed by atoms with E-state index in [1.54, 1.807) is 19.1 Å². The molecule has 0 aliphatic heterocycles. The van der Waals surface area contributed by atoms with Crippen molar-refractivity contribution in [2.75, 3.05) is 20.2 Å². The van der Waals surface area contributed by atoms with Gasteiger partial charge in [0.1, 0.15) is 12.4 Å². The Morgan fingerprint density at radius 3 is 2.35 bits per heavy atom. The number of rotatable bonds is 8. The molecule has 1 amide bonds. The first-order chi connectivity index (χ1) is 12.3. The Kier molecular flexibility index (Phi) is 6.76. The molecular weight excluding hydrogens is 352 g/mol. The SMILES string of the molecule is Cc1ccc(S(=O)(=O)N(C)CC(=O)NC(C)COc2ccccc2)cc1. The molecule has 0 bridgehead atoms. The van der Waals surface area contributed by atoms with Crippen molar-refractivity contribution in [3.8, 4) is 5.75 Å². The second-order valence-corrected chi connectivity index (χ2v) is 8.21. The summed E-state index contributed by atoms with van der Waals surface area (Å²) in [5, 5.41) is 2.74. The van der Waals surface area contributed by atoms with E-state index >= 15 is 0 Å². The van der Waals surface area contributed by atoms with Gasteiger partial charge in [-0.2, -0.15) is 4.31 Å². The number of hydrogen-bond acceptors (Lipinski definition) is 4. The molecule has 2 rings (SSSR count). The summed E-state index contributed by atoms with van der Waals surface area (Å²) in [4.78, 5) is 12.3. The molecule has 2 aromatic rings. The second kappa shape index (κ2) is 8.82. The highest BCUT2D eigenvalue weighted by Gasteiger charge is 2.23. The van der Waals surface area contributed by atoms with Gasteiger partial charge in [0.25, 0.3) is 0 Å². The molecule has 0 radical (unpaired) electrons. The third-order valence-electron chi connectivity index (χ3n) is 3.75. The maximum atomic E-state index is 12.5. The van der Waals surface area contributed by atoms with E-state index in [1.165, 1.54) is 19.2 Å². The Bertz CT molecular complexity index is 820. The van der Waals surface area contributed by atoms with Crippen LogP contribution in [0.2, 0.25) is 0 Å². The summed E-state index contributed by atoms with van der Waals surface area (Å²) in [5.41, 5.74) is 0.969. The second-order valence-electron chi connectivity index (χ2n) is 6.17. The Balaban J connectivity index is 1.86. The van der Waals surface area contributed by atoms with Crippen molar-refractivity contribution in [3.05, 3.63) is 60.2 Å². The highest BCUT2D eigenvalue weighted by atomic mass is 32.2. The molecule has 140 valence electrons. The fraction of sp³-hybridized carbons (Fsp3) is 0.316. The van der Waals surface area contributed by atoms with Crippen molar-refractivity contribution in [1.29, 1.82) is 0 Å². The van der Waals surface area contributed by atoms with Gasteiger partial charge in [-0.15, -0.1) is 0 Å². The van der Waals surface area contributed by atoms with Gasteiger partial charge in [0.05, 0.1) is 17.5 Å². The van der Waals surface area contributed by atoms with Gasteiger partial charge in [-0.05, 0) is 38.1 Å². The number of amides is 1. The minimum absolute atomic E-state index is 0.166. The Morgan fingerprint density at radius 2 is 1.73 bits per heavy atom. The number of benzene rings is 2. The Labute approximate surface area is 154 Å². The molecule has 0 saturated carbocycles. The van der Waals surface area contributed by atoms with Gasteiger partial charge in [0.15, 0.2) is 0 Å². The molecule has 0 spiro atoms. The van der Waals surface area contributed by atoms with E-state index in [4.69, 9.17) is 4.74 Å². The van der Waals surface area contributed by atoms with Crippen LogP contribution in [0.15, 0.2) is 59.5 Å². The third-order valence-corrected chi connectivity index (χ3v) is 5.56. The van der Waals surface area contributed by atoms with E-state index in [9.17, 15) is 13.2 Å². The van der Waals surface area contributed by atoms with Crippen LogP contribution in [0.3, 0.4) is 0 Å². The van der Waals surface area contributed by atoms with Crippen molar-refractivity contribution in [3.63, 3.8) is 0 Å². The molecular formula is C19H24N2O4S. The third kappa shape index (κ3) is 5.57. The smallest absolute Gasteiger partial charge is 0.243 e. The number of nitrogens with zero attached hydrogens (tertiary/aromatic N) is 1. The molecule has 2 aromatic carbocycles. The number of carbonyl (C=O) groups excluding carboxylic acids is 1. The zero-order valence-corrected chi connectivity index (χ0v) is 16.0. The monoisotopic (exact) mass is 376 g/mol. The molecule has 0 heterocycles. The molecule has 1 unspecified atom stereocenters. The highest BCUT2D eigenvalue weighted by molar-refractivity contribution is 7.89. The first-order valence-electron chi connectivity index (χ1n) is 8.29. The van der Waals surface area contributed by atoms with Crippen molar-refractivity contribution in [2.24, 2.45) is 0 Å². The van der Waals surface area contributed by atoms with Gasteiger partial charge in [-0.3, -0.25) is 4.79 Å². The number of likely N-dealkylation sites (N-methyl/N-ethyl adjacent to an activating group) is 1. The van der Waals surface area contributed by atoms with Crippen molar-refractivity contribution >= 4 is 15.9 Å². The summed E-state index contributed by atoms with van der Waals surface area (Å²) in [6, 6.07) is 15.6. The summed E-state index contributed by atoms with van der Waals surface area (Å²) in [7, 11) is -2.31. The zero-order valence-electron chi connectivity index (χ0n) is 15.2. The van der Waals surface area contributed by atoms with Crippen LogP contribution in [0.4, 0.5) is 0 Å². The molecule has 0 fully saturated rings. The quantitative estimate of drug-likeness (QED) is 0.766. The molecule has 0 aromatic heterocycles. The number of nitrogens with one attached hydrogen (secondary N) is 1. The standard InChI is InChI=1S/C19H24N2O4S/c1-15-9-11-18(12-10-15)26(23,24)21(3)13-19(22)20-16(2)14-25-17-7-5-4-6-8-17/h4-12,16H,13-14H2,1-3H3,(H,20,22). The summed E-state index contributed by atoms with van der Waals surface area (Å²) in [6.45, 7) is 3.72. The predicted octanol–water partition coefficient (Wildman–Crippen LogP) is 2.20. The van der Waals surface area contributed by atoms with E-state index < -0.39 is 10.0 Å². The summed E-state index contributed by atoms with van der Waals surface area (Å²) >= 11 is 0. The maximum Gasteiger partial charge on any atom is 0.243 e. The van der Waals surface area contributed by atoms with E-state index in [1.807, 2.05) is 37.3 Å². The molecule has 0 aliphatic carbocycles. The van der Waals surface area contributed by atoms with E-state index in [-0.39, 0.29) is 23.4 Å².